The number of furan rings is 1. The zero-order chi connectivity index (χ0) is 12.5. The van der Waals surface area contributed by atoms with E-state index in [4.69, 9.17) is 4.42 Å². The minimum absolute atomic E-state index is 0.245. The van der Waals surface area contributed by atoms with Crippen molar-refractivity contribution in [3.05, 3.63) is 58.0 Å². The van der Waals surface area contributed by atoms with Gasteiger partial charge < -0.3 is 9.73 Å². The summed E-state index contributed by atoms with van der Waals surface area (Å²) in [6, 6.07) is 11.2. The van der Waals surface area contributed by atoms with Crippen molar-refractivity contribution in [2.75, 3.05) is 0 Å². The summed E-state index contributed by atoms with van der Waals surface area (Å²) < 4.78 is 6.60. The molecule has 94 valence electrons. The van der Waals surface area contributed by atoms with E-state index in [0.717, 1.165) is 23.1 Å². The van der Waals surface area contributed by atoms with Crippen molar-refractivity contribution in [1.29, 1.82) is 0 Å². The summed E-state index contributed by atoms with van der Waals surface area (Å²) in [6.07, 6.45) is 4.05. The molecule has 2 aromatic rings. The molecule has 2 unspecified atom stereocenters. The molecule has 2 nitrogen and oxygen atoms in total. The molecule has 0 saturated carbocycles. The Bertz CT molecular complexity index is 535. The molecule has 0 fully saturated rings. The number of hydrogen-bond donors (Lipinski definition) is 1. The van der Waals surface area contributed by atoms with Crippen LogP contribution in [0, 0.1) is 0 Å². The van der Waals surface area contributed by atoms with Crippen molar-refractivity contribution in [2.45, 2.75) is 31.8 Å². The van der Waals surface area contributed by atoms with Crippen molar-refractivity contribution in [2.24, 2.45) is 0 Å². The average molecular weight is 306 g/mol. The first-order valence-corrected chi connectivity index (χ1v) is 7.11. The second kappa shape index (κ2) is 4.90. The van der Waals surface area contributed by atoms with Crippen LogP contribution in [0.3, 0.4) is 0 Å². The van der Waals surface area contributed by atoms with Gasteiger partial charge in [-0.15, -0.1) is 0 Å². The van der Waals surface area contributed by atoms with Gasteiger partial charge in [0, 0.05) is 10.5 Å². The van der Waals surface area contributed by atoms with E-state index >= 15 is 0 Å². The Labute approximate surface area is 116 Å². The van der Waals surface area contributed by atoms with Crippen LogP contribution in [0.1, 0.15) is 42.3 Å². The fourth-order valence-electron chi connectivity index (χ4n) is 2.67. The predicted molar refractivity (Wildman–Crippen MR) is 75.5 cm³/mol. The van der Waals surface area contributed by atoms with Gasteiger partial charge in [-0.1, -0.05) is 22.0 Å². The van der Waals surface area contributed by atoms with Gasteiger partial charge in [0.25, 0.3) is 0 Å². The number of fused-ring (bicyclic) bond motifs is 1. The van der Waals surface area contributed by atoms with Crippen LogP contribution in [-0.2, 0) is 6.42 Å². The van der Waals surface area contributed by atoms with Crippen molar-refractivity contribution in [3.63, 3.8) is 0 Å². The summed E-state index contributed by atoms with van der Waals surface area (Å²) in [5.74, 6) is 0.999. The van der Waals surface area contributed by atoms with Crippen LogP contribution in [0.2, 0.25) is 0 Å². The highest BCUT2D eigenvalue weighted by Crippen LogP contribution is 2.34. The first-order chi connectivity index (χ1) is 8.74. The lowest BCUT2D eigenvalue weighted by Gasteiger charge is -2.19. The highest BCUT2D eigenvalue weighted by Gasteiger charge is 2.24. The summed E-state index contributed by atoms with van der Waals surface area (Å²) in [5, 5.41) is 3.65. The van der Waals surface area contributed by atoms with Gasteiger partial charge in [-0.2, -0.15) is 0 Å². The van der Waals surface area contributed by atoms with Gasteiger partial charge in [-0.25, -0.2) is 0 Å². The SMILES string of the molecule is CC(NC1CCc2ccc(Br)cc21)c1ccco1. The molecule has 2 atom stereocenters. The number of benzene rings is 1. The molecule has 1 aromatic heterocycles. The largest absolute Gasteiger partial charge is 0.468 e. The lowest BCUT2D eigenvalue weighted by atomic mass is 10.1. The molecule has 0 radical (unpaired) electrons. The van der Waals surface area contributed by atoms with Gasteiger partial charge in [-0.05, 0) is 55.2 Å². The first-order valence-electron chi connectivity index (χ1n) is 6.32. The highest BCUT2D eigenvalue weighted by atomic mass is 79.9. The van der Waals surface area contributed by atoms with Crippen LogP contribution >= 0.6 is 15.9 Å². The molecule has 3 rings (SSSR count). The highest BCUT2D eigenvalue weighted by molar-refractivity contribution is 9.10. The Hall–Kier alpha value is -1.06. The number of rotatable bonds is 3. The Balaban J connectivity index is 1.78. The van der Waals surface area contributed by atoms with Crippen LogP contribution in [0.5, 0.6) is 0 Å². The molecular formula is C15H16BrNO. The predicted octanol–water partition coefficient (Wildman–Crippen LogP) is 4.38. The molecule has 0 bridgehead atoms. The minimum atomic E-state index is 0.245. The molecule has 1 N–H and O–H groups in total. The number of nitrogens with one attached hydrogen (secondary N) is 1. The Morgan fingerprint density at radius 1 is 1.39 bits per heavy atom. The van der Waals surface area contributed by atoms with Crippen molar-refractivity contribution in [3.8, 4) is 0 Å². The quantitative estimate of drug-likeness (QED) is 0.910. The third-order valence-electron chi connectivity index (χ3n) is 3.61. The minimum Gasteiger partial charge on any atom is -0.468 e. The molecule has 18 heavy (non-hydrogen) atoms. The van der Waals surface area contributed by atoms with E-state index in [1.54, 1.807) is 6.26 Å². The van der Waals surface area contributed by atoms with Crippen LogP contribution in [0.15, 0.2) is 45.5 Å². The molecule has 0 amide bonds. The normalized spacial score (nSPS) is 19.8. The first kappa shape index (κ1) is 12.0. The lowest BCUT2D eigenvalue weighted by molar-refractivity contribution is 0.391. The molecule has 1 aliphatic rings. The smallest absolute Gasteiger partial charge is 0.120 e. The molecular weight excluding hydrogens is 290 g/mol. The molecule has 3 heteroatoms. The van der Waals surface area contributed by atoms with E-state index in [2.05, 4.69) is 46.4 Å². The Morgan fingerprint density at radius 2 is 2.28 bits per heavy atom. The maximum atomic E-state index is 5.45. The zero-order valence-electron chi connectivity index (χ0n) is 10.3. The molecule has 1 heterocycles. The fourth-order valence-corrected chi connectivity index (χ4v) is 3.05. The van der Waals surface area contributed by atoms with Gasteiger partial charge >= 0.3 is 0 Å². The Morgan fingerprint density at radius 3 is 3.06 bits per heavy atom. The van der Waals surface area contributed by atoms with E-state index < -0.39 is 0 Å². The van der Waals surface area contributed by atoms with Crippen molar-refractivity contribution < 1.29 is 4.42 Å². The molecule has 1 aliphatic carbocycles. The standard InChI is InChI=1S/C15H16BrNO/c1-10(15-3-2-8-18-15)17-14-7-5-11-4-6-12(16)9-13(11)14/h2-4,6,8-10,14,17H,5,7H2,1H3. The van der Waals surface area contributed by atoms with Crippen molar-refractivity contribution >= 4 is 15.9 Å². The average Bonchev–Trinajstić information content (AvgIpc) is 2.99. The van der Waals surface area contributed by atoms with Crippen LogP contribution in [0.25, 0.3) is 0 Å². The maximum Gasteiger partial charge on any atom is 0.120 e. The molecule has 0 saturated heterocycles. The van der Waals surface area contributed by atoms with Gasteiger partial charge in [0.15, 0.2) is 0 Å². The summed E-state index contributed by atoms with van der Waals surface area (Å²) in [6.45, 7) is 2.15. The van der Waals surface area contributed by atoms with Crippen LogP contribution in [0.4, 0.5) is 0 Å². The van der Waals surface area contributed by atoms with Crippen LogP contribution < -0.4 is 5.32 Å². The van der Waals surface area contributed by atoms with Crippen molar-refractivity contribution in [1.82, 2.24) is 5.32 Å². The summed E-state index contributed by atoms with van der Waals surface area (Å²) >= 11 is 3.55. The monoisotopic (exact) mass is 305 g/mol. The maximum absolute atomic E-state index is 5.45. The van der Waals surface area contributed by atoms with Gasteiger partial charge in [0.1, 0.15) is 5.76 Å². The molecule has 1 aromatic carbocycles. The Kier molecular flexibility index (Phi) is 3.27. The van der Waals surface area contributed by atoms with Gasteiger partial charge in [0.05, 0.1) is 12.3 Å². The third kappa shape index (κ3) is 2.25. The summed E-state index contributed by atoms with van der Waals surface area (Å²) in [5.41, 5.74) is 2.88. The van der Waals surface area contributed by atoms with Crippen LogP contribution in [-0.4, -0.2) is 0 Å². The summed E-state index contributed by atoms with van der Waals surface area (Å²) in [4.78, 5) is 0. The van der Waals surface area contributed by atoms with E-state index in [0.29, 0.717) is 6.04 Å². The van der Waals surface area contributed by atoms with E-state index in [9.17, 15) is 0 Å². The number of aryl methyl sites for hydroxylation is 1. The lowest BCUT2D eigenvalue weighted by Crippen LogP contribution is -2.22. The van der Waals surface area contributed by atoms with E-state index in [1.807, 2.05) is 12.1 Å². The second-order valence-electron chi connectivity index (χ2n) is 4.84. The molecule has 0 aliphatic heterocycles. The summed E-state index contributed by atoms with van der Waals surface area (Å²) in [7, 11) is 0. The third-order valence-corrected chi connectivity index (χ3v) is 4.10. The number of halogens is 1. The second-order valence-corrected chi connectivity index (χ2v) is 5.75. The molecule has 0 spiro atoms. The fraction of sp³-hybridized carbons (Fsp3) is 0.333. The van der Waals surface area contributed by atoms with E-state index in [1.165, 1.54) is 11.1 Å². The van der Waals surface area contributed by atoms with E-state index in [-0.39, 0.29) is 6.04 Å². The zero-order valence-corrected chi connectivity index (χ0v) is 11.9. The van der Waals surface area contributed by atoms with Gasteiger partial charge in [0.2, 0.25) is 0 Å². The topological polar surface area (TPSA) is 25.2 Å². The number of hydrogen-bond acceptors (Lipinski definition) is 2. The van der Waals surface area contributed by atoms with Gasteiger partial charge in [-0.3, -0.25) is 0 Å².